The van der Waals surface area contributed by atoms with Crippen molar-refractivity contribution >= 4 is 59.4 Å². The molecular weight excluding hydrogens is 383 g/mol. The summed E-state index contributed by atoms with van der Waals surface area (Å²) < 4.78 is -1.19. The minimum absolute atomic E-state index is 0. The Labute approximate surface area is 102 Å². The van der Waals surface area contributed by atoms with E-state index in [1.165, 1.54) is 6.92 Å². The number of Topliss-reactive ketones (excluding diaryl/α,β-unsaturated/α-hetero) is 2. The summed E-state index contributed by atoms with van der Waals surface area (Å²) in [6, 6.07) is 0. The Kier molecular flexibility index (Phi) is 8.00. The van der Waals surface area contributed by atoms with Gasteiger partial charge in [0, 0.05) is 18.6 Å². The maximum atomic E-state index is 10.9. The zero-order valence-corrected chi connectivity index (χ0v) is 11.8. The Morgan fingerprint density at radius 2 is 1.73 bits per heavy atom. The van der Waals surface area contributed by atoms with Gasteiger partial charge in [-0.15, -0.1) is 0 Å². The van der Waals surface area contributed by atoms with E-state index in [1.807, 2.05) is 0 Å². The van der Waals surface area contributed by atoms with Gasteiger partial charge < -0.3 is 0 Å². The molecule has 6 heteroatoms. The first-order valence-corrected chi connectivity index (χ1v) is 5.11. The maximum absolute atomic E-state index is 10.9. The Balaban J connectivity index is 0. The van der Waals surface area contributed by atoms with Crippen LogP contribution in [-0.4, -0.2) is 20.1 Å². The molecule has 0 aromatic rings. The fraction of sp³-hybridized carbons (Fsp3) is 0.600. The van der Waals surface area contributed by atoms with E-state index in [2.05, 4.69) is 47.8 Å². The Bertz CT molecular complexity index is 169. The number of hydrogen-bond donors (Lipinski definition) is 0. The zero-order valence-electron chi connectivity index (χ0n) is 5.60. The standard InChI is InChI=1S/C5H5Br3O2.V/c1-3(9)5(7,8)4(10)2-6;/h2H2,1H3;. The van der Waals surface area contributed by atoms with Crippen LogP contribution in [0.15, 0.2) is 0 Å². The number of halogens is 3. The van der Waals surface area contributed by atoms with Crippen LogP contribution in [0.4, 0.5) is 0 Å². The van der Waals surface area contributed by atoms with Gasteiger partial charge in [-0.3, -0.25) is 9.59 Å². The van der Waals surface area contributed by atoms with Crippen LogP contribution in [0.25, 0.3) is 0 Å². The largest absolute Gasteiger partial charge is 0.297 e. The number of hydrogen-bond acceptors (Lipinski definition) is 2. The maximum Gasteiger partial charge on any atom is 0.196 e. The molecular formula is C5H5Br3O2V. The fourth-order valence-corrected chi connectivity index (χ4v) is 1.73. The Morgan fingerprint density at radius 1 is 1.36 bits per heavy atom. The molecule has 0 N–H and O–H groups in total. The van der Waals surface area contributed by atoms with Crippen LogP contribution in [-0.2, 0) is 28.1 Å². The van der Waals surface area contributed by atoms with E-state index < -0.39 is 3.23 Å². The van der Waals surface area contributed by atoms with Crippen LogP contribution < -0.4 is 0 Å². The first-order valence-electron chi connectivity index (χ1n) is 2.41. The van der Waals surface area contributed by atoms with Gasteiger partial charge in [0.2, 0.25) is 0 Å². The molecule has 0 rings (SSSR count). The SMILES string of the molecule is CC(=O)C(Br)(Br)C(=O)CBr.[V]. The van der Waals surface area contributed by atoms with Crippen molar-refractivity contribution in [3.05, 3.63) is 0 Å². The molecule has 0 atom stereocenters. The van der Waals surface area contributed by atoms with Gasteiger partial charge in [-0.1, -0.05) is 47.8 Å². The summed E-state index contributed by atoms with van der Waals surface area (Å²) in [6.07, 6.45) is 0. The van der Waals surface area contributed by atoms with Crippen molar-refractivity contribution in [3.63, 3.8) is 0 Å². The van der Waals surface area contributed by atoms with Crippen molar-refractivity contribution in [2.75, 3.05) is 5.33 Å². The van der Waals surface area contributed by atoms with Crippen molar-refractivity contribution in [1.82, 2.24) is 0 Å². The van der Waals surface area contributed by atoms with Gasteiger partial charge in [-0.25, -0.2) is 0 Å². The summed E-state index contributed by atoms with van der Waals surface area (Å²) in [5.41, 5.74) is 0. The third kappa shape index (κ3) is 4.22. The molecule has 2 nitrogen and oxygen atoms in total. The average Bonchev–Trinajstić information content (AvgIpc) is 1.86. The first kappa shape index (κ1) is 14.9. The summed E-state index contributed by atoms with van der Waals surface area (Å²) >= 11 is 8.88. The van der Waals surface area contributed by atoms with Gasteiger partial charge in [-0.05, 0) is 6.92 Å². The van der Waals surface area contributed by atoms with Gasteiger partial charge in [0.1, 0.15) is 0 Å². The van der Waals surface area contributed by atoms with Crippen molar-refractivity contribution in [1.29, 1.82) is 0 Å². The van der Waals surface area contributed by atoms with Crippen LogP contribution in [0.3, 0.4) is 0 Å². The summed E-state index contributed by atoms with van der Waals surface area (Å²) in [4.78, 5) is 21.6. The number of rotatable bonds is 3. The van der Waals surface area contributed by atoms with Gasteiger partial charge in [0.05, 0.1) is 5.33 Å². The summed E-state index contributed by atoms with van der Waals surface area (Å²) in [5.74, 6) is -0.489. The minimum Gasteiger partial charge on any atom is -0.297 e. The molecule has 0 saturated heterocycles. The van der Waals surface area contributed by atoms with Crippen LogP contribution in [0.5, 0.6) is 0 Å². The van der Waals surface area contributed by atoms with Crippen LogP contribution in [0, 0.1) is 0 Å². The molecule has 0 saturated carbocycles. The normalized spacial score (nSPS) is 10.2. The molecule has 63 valence electrons. The van der Waals surface area contributed by atoms with E-state index in [-0.39, 0.29) is 35.5 Å². The van der Waals surface area contributed by atoms with E-state index in [0.29, 0.717) is 0 Å². The average molecular weight is 388 g/mol. The summed E-state index contributed by atoms with van der Waals surface area (Å²) in [5, 5.41) is 0.156. The van der Waals surface area contributed by atoms with E-state index in [1.54, 1.807) is 0 Å². The monoisotopic (exact) mass is 385 g/mol. The molecule has 0 amide bonds. The van der Waals surface area contributed by atoms with Crippen LogP contribution >= 0.6 is 47.8 Å². The van der Waals surface area contributed by atoms with E-state index in [9.17, 15) is 9.59 Å². The van der Waals surface area contributed by atoms with E-state index in [0.717, 1.165) is 0 Å². The number of alkyl halides is 3. The van der Waals surface area contributed by atoms with Gasteiger partial charge in [0.25, 0.3) is 0 Å². The quantitative estimate of drug-likeness (QED) is 0.548. The predicted octanol–water partition coefficient (Wildman–Crippen LogP) is 2.02. The zero-order chi connectivity index (χ0) is 8.36. The van der Waals surface area contributed by atoms with E-state index >= 15 is 0 Å². The number of carbonyl (C=O) groups is 2. The molecule has 0 unspecified atom stereocenters. The molecule has 11 heavy (non-hydrogen) atoms. The summed E-state index contributed by atoms with van der Waals surface area (Å²) in [6.45, 7) is 1.34. The second-order valence-corrected chi connectivity index (χ2v) is 5.69. The topological polar surface area (TPSA) is 34.1 Å². The van der Waals surface area contributed by atoms with Crippen molar-refractivity contribution in [2.24, 2.45) is 0 Å². The molecule has 0 heterocycles. The first-order chi connectivity index (χ1) is 4.42. The molecule has 0 aliphatic carbocycles. The number of ketones is 2. The van der Waals surface area contributed by atoms with Crippen LogP contribution in [0.1, 0.15) is 6.92 Å². The predicted molar refractivity (Wildman–Crippen MR) is 50.1 cm³/mol. The van der Waals surface area contributed by atoms with Crippen LogP contribution in [0.2, 0.25) is 0 Å². The molecule has 0 bridgehead atoms. The number of carbonyl (C=O) groups excluding carboxylic acids is 2. The second kappa shape index (κ2) is 5.92. The molecule has 0 spiro atoms. The minimum atomic E-state index is -1.19. The molecule has 0 aliphatic heterocycles. The van der Waals surface area contributed by atoms with Gasteiger partial charge in [0.15, 0.2) is 14.8 Å². The molecule has 0 aromatic carbocycles. The van der Waals surface area contributed by atoms with Crippen molar-refractivity contribution in [2.45, 2.75) is 10.2 Å². The Morgan fingerprint density at radius 3 is 1.82 bits per heavy atom. The molecule has 0 aliphatic rings. The molecule has 1 radical (unpaired) electrons. The fourth-order valence-electron chi connectivity index (χ4n) is 0.280. The van der Waals surface area contributed by atoms with Gasteiger partial charge >= 0.3 is 0 Å². The third-order valence-corrected chi connectivity index (χ3v) is 3.42. The van der Waals surface area contributed by atoms with Gasteiger partial charge in [-0.2, -0.15) is 0 Å². The molecule has 0 fully saturated rings. The van der Waals surface area contributed by atoms with Crippen molar-refractivity contribution in [3.8, 4) is 0 Å². The molecule has 0 aromatic heterocycles. The second-order valence-electron chi connectivity index (χ2n) is 1.69. The smallest absolute Gasteiger partial charge is 0.196 e. The third-order valence-electron chi connectivity index (χ3n) is 0.914. The Hall–Kier alpha value is 1.36. The summed E-state index contributed by atoms with van der Waals surface area (Å²) in [7, 11) is 0. The van der Waals surface area contributed by atoms with Crippen molar-refractivity contribution < 1.29 is 28.1 Å². The van der Waals surface area contributed by atoms with E-state index in [4.69, 9.17) is 0 Å².